The fourth-order valence-corrected chi connectivity index (χ4v) is 10.1. The zero-order valence-electron chi connectivity index (χ0n) is 19.2. The van der Waals surface area contributed by atoms with Crippen molar-refractivity contribution in [2.24, 2.45) is 0 Å². The molecule has 154 valence electrons. The van der Waals surface area contributed by atoms with Crippen LogP contribution >= 0.6 is 0 Å². The van der Waals surface area contributed by atoms with Crippen LogP contribution in [0.5, 0.6) is 0 Å². The second-order valence-corrected chi connectivity index (χ2v) is 14.8. The molecule has 0 N–H and O–H groups in total. The summed E-state index contributed by atoms with van der Waals surface area (Å²) in [5, 5.41) is 0. The van der Waals surface area contributed by atoms with Crippen molar-refractivity contribution < 1.29 is 0 Å². The molecule has 0 radical (unpaired) electrons. The van der Waals surface area contributed by atoms with Gasteiger partial charge in [0.05, 0.1) is 0 Å². The highest BCUT2D eigenvalue weighted by Crippen LogP contribution is 2.41. The SMILES string of the molecule is CC(C)[Si](C#Cc1cc(-c2ccccc2)cc(-c2ccccc2)c1)(C(C)C)C(C)C. The van der Waals surface area contributed by atoms with E-state index in [1.165, 1.54) is 22.3 Å². The molecule has 0 saturated heterocycles. The molecule has 0 bridgehead atoms. The first-order valence-corrected chi connectivity index (χ1v) is 13.4. The fourth-order valence-electron chi connectivity index (χ4n) is 4.91. The van der Waals surface area contributed by atoms with E-state index in [1.54, 1.807) is 0 Å². The van der Waals surface area contributed by atoms with E-state index < -0.39 is 8.07 Å². The molecule has 0 spiro atoms. The first kappa shape index (κ1) is 22.1. The van der Waals surface area contributed by atoms with Gasteiger partial charge < -0.3 is 0 Å². The molecule has 0 saturated carbocycles. The van der Waals surface area contributed by atoms with E-state index >= 15 is 0 Å². The molecule has 1 heteroatoms. The van der Waals surface area contributed by atoms with Gasteiger partial charge in [0.15, 0.2) is 0 Å². The third-order valence-electron chi connectivity index (χ3n) is 6.44. The van der Waals surface area contributed by atoms with E-state index in [-0.39, 0.29) is 0 Å². The molecular weight excluding hydrogens is 376 g/mol. The zero-order chi connectivity index (χ0) is 21.7. The second-order valence-electron chi connectivity index (χ2n) is 9.18. The van der Waals surface area contributed by atoms with Crippen molar-refractivity contribution in [1.29, 1.82) is 0 Å². The minimum absolute atomic E-state index is 0.635. The van der Waals surface area contributed by atoms with Crippen molar-refractivity contribution in [1.82, 2.24) is 0 Å². The Labute approximate surface area is 184 Å². The lowest BCUT2D eigenvalue weighted by Crippen LogP contribution is -2.43. The summed E-state index contributed by atoms with van der Waals surface area (Å²) in [5.41, 5.74) is 11.8. The highest BCUT2D eigenvalue weighted by Gasteiger charge is 2.41. The van der Waals surface area contributed by atoms with Crippen LogP contribution in [0.4, 0.5) is 0 Å². The average molecular weight is 411 g/mol. The van der Waals surface area contributed by atoms with Crippen molar-refractivity contribution in [3.8, 4) is 33.7 Å². The predicted molar refractivity (Wildman–Crippen MR) is 135 cm³/mol. The summed E-state index contributed by atoms with van der Waals surface area (Å²) in [6, 6.07) is 28.1. The number of hydrogen-bond acceptors (Lipinski definition) is 0. The van der Waals surface area contributed by atoms with Crippen LogP contribution in [0.2, 0.25) is 16.6 Å². The van der Waals surface area contributed by atoms with E-state index in [9.17, 15) is 0 Å². The summed E-state index contributed by atoms with van der Waals surface area (Å²) < 4.78 is 0. The van der Waals surface area contributed by atoms with Crippen LogP contribution in [0.1, 0.15) is 47.1 Å². The van der Waals surface area contributed by atoms with Crippen LogP contribution in [-0.2, 0) is 0 Å². The van der Waals surface area contributed by atoms with E-state index in [0.29, 0.717) is 16.6 Å². The Hall–Kier alpha value is -2.56. The number of rotatable bonds is 5. The van der Waals surface area contributed by atoms with Crippen LogP contribution < -0.4 is 0 Å². The maximum Gasteiger partial charge on any atom is 0.146 e. The summed E-state index contributed by atoms with van der Waals surface area (Å²) in [4.78, 5) is 0. The van der Waals surface area contributed by atoms with Gasteiger partial charge in [0.2, 0.25) is 0 Å². The van der Waals surface area contributed by atoms with Crippen LogP contribution in [0.3, 0.4) is 0 Å². The van der Waals surface area contributed by atoms with Crippen molar-refractivity contribution in [2.45, 2.75) is 58.2 Å². The van der Waals surface area contributed by atoms with E-state index in [4.69, 9.17) is 0 Å². The van der Waals surface area contributed by atoms with Crippen molar-refractivity contribution >= 4 is 8.07 Å². The van der Waals surface area contributed by atoms with E-state index in [1.807, 2.05) is 0 Å². The van der Waals surface area contributed by atoms with Crippen molar-refractivity contribution in [3.63, 3.8) is 0 Å². The van der Waals surface area contributed by atoms with Gasteiger partial charge in [0.1, 0.15) is 8.07 Å². The molecule has 0 atom stereocenters. The largest absolute Gasteiger partial charge is 0.146 e. The minimum Gasteiger partial charge on any atom is -0.125 e. The second kappa shape index (κ2) is 9.50. The summed E-state index contributed by atoms with van der Waals surface area (Å²) in [5.74, 6) is 3.66. The smallest absolute Gasteiger partial charge is 0.125 e. The standard InChI is InChI=1S/C29H34Si/c1-22(2)30(23(3)4,24(5)6)18-17-25-19-28(26-13-9-7-10-14-26)21-29(20-25)27-15-11-8-12-16-27/h7-16,19-24H,1-6H3. The molecule has 3 rings (SSSR count). The van der Waals surface area contributed by atoms with Gasteiger partial charge in [-0.05, 0) is 57.1 Å². The molecule has 30 heavy (non-hydrogen) atoms. The maximum atomic E-state index is 3.89. The first-order valence-electron chi connectivity index (χ1n) is 11.1. The molecule has 0 amide bonds. The Bertz CT molecular complexity index is 939. The third-order valence-corrected chi connectivity index (χ3v) is 12.7. The van der Waals surface area contributed by atoms with Crippen LogP contribution in [-0.4, -0.2) is 8.07 Å². The Kier molecular flexibility index (Phi) is 7.01. The molecule has 0 nitrogen and oxygen atoms in total. The Balaban J connectivity index is 2.17. The van der Waals surface area contributed by atoms with Gasteiger partial charge in [-0.25, -0.2) is 0 Å². The van der Waals surface area contributed by atoms with Gasteiger partial charge in [-0.3, -0.25) is 0 Å². The summed E-state index contributed by atoms with van der Waals surface area (Å²) in [6.45, 7) is 14.2. The van der Waals surface area contributed by atoms with Crippen LogP contribution in [0.15, 0.2) is 78.9 Å². The zero-order valence-corrected chi connectivity index (χ0v) is 20.2. The van der Waals surface area contributed by atoms with Crippen LogP contribution in [0, 0.1) is 11.5 Å². The van der Waals surface area contributed by atoms with Gasteiger partial charge in [-0.15, -0.1) is 5.54 Å². The lowest BCUT2D eigenvalue weighted by atomic mass is 9.96. The summed E-state index contributed by atoms with van der Waals surface area (Å²) in [6.07, 6.45) is 0. The topological polar surface area (TPSA) is 0 Å². The normalized spacial score (nSPS) is 11.6. The molecule has 0 heterocycles. The lowest BCUT2D eigenvalue weighted by Gasteiger charge is -2.38. The quantitative estimate of drug-likeness (QED) is 0.292. The summed E-state index contributed by atoms with van der Waals surface area (Å²) in [7, 11) is -1.76. The molecule has 3 aromatic carbocycles. The molecule has 0 aliphatic rings. The number of benzene rings is 3. The molecular formula is C29H34Si. The molecule has 0 aliphatic heterocycles. The number of hydrogen-bond donors (Lipinski definition) is 0. The molecule has 0 fully saturated rings. The summed E-state index contributed by atoms with van der Waals surface area (Å²) >= 11 is 0. The van der Waals surface area contributed by atoms with Crippen molar-refractivity contribution in [2.75, 3.05) is 0 Å². The first-order chi connectivity index (χ1) is 14.3. The highest BCUT2D eigenvalue weighted by atomic mass is 28.3. The average Bonchev–Trinajstić information content (AvgIpc) is 2.74. The monoisotopic (exact) mass is 410 g/mol. The molecule has 0 unspecified atom stereocenters. The highest BCUT2D eigenvalue weighted by molar-refractivity contribution is 6.90. The van der Waals surface area contributed by atoms with Gasteiger partial charge in [-0.2, -0.15) is 0 Å². The Morgan fingerprint density at radius 1 is 0.533 bits per heavy atom. The van der Waals surface area contributed by atoms with Gasteiger partial charge >= 0.3 is 0 Å². The minimum atomic E-state index is -1.76. The van der Waals surface area contributed by atoms with Gasteiger partial charge in [0.25, 0.3) is 0 Å². The third kappa shape index (κ3) is 4.60. The van der Waals surface area contributed by atoms with E-state index in [0.717, 1.165) is 5.56 Å². The fraction of sp³-hybridized carbons (Fsp3) is 0.310. The van der Waals surface area contributed by atoms with Gasteiger partial charge in [-0.1, -0.05) is 108 Å². The molecule has 3 aromatic rings. The lowest BCUT2D eigenvalue weighted by molar-refractivity contribution is 0.838. The van der Waals surface area contributed by atoms with E-state index in [2.05, 4.69) is 132 Å². The van der Waals surface area contributed by atoms with Crippen LogP contribution in [0.25, 0.3) is 22.3 Å². The molecule has 0 aromatic heterocycles. The Morgan fingerprint density at radius 2 is 0.933 bits per heavy atom. The maximum absolute atomic E-state index is 3.89. The predicted octanol–water partition coefficient (Wildman–Crippen LogP) is 8.59. The van der Waals surface area contributed by atoms with Crippen molar-refractivity contribution in [3.05, 3.63) is 84.4 Å². The van der Waals surface area contributed by atoms with Gasteiger partial charge in [0, 0.05) is 5.56 Å². The molecule has 0 aliphatic carbocycles. The Morgan fingerprint density at radius 3 is 1.30 bits per heavy atom.